The largest absolute Gasteiger partial charge is 0.316 e. The Bertz CT molecular complexity index is 852. The summed E-state index contributed by atoms with van der Waals surface area (Å²) in [6.45, 7) is 4.33. The van der Waals surface area contributed by atoms with Crippen molar-refractivity contribution in [2.45, 2.75) is 25.6 Å². The summed E-state index contributed by atoms with van der Waals surface area (Å²) in [4.78, 5) is 2.74. The monoisotopic (exact) mass is 368 g/mol. The van der Waals surface area contributed by atoms with E-state index in [0.717, 1.165) is 32.1 Å². The fourth-order valence-corrected chi connectivity index (χ4v) is 5.35. The normalized spacial score (nSPS) is 25.6. The molecule has 1 heterocycles. The Hall–Kier alpha value is -2.42. The van der Waals surface area contributed by atoms with Gasteiger partial charge in [0, 0.05) is 37.6 Å². The van der Waals surface area contributed by atoms with E-state index in [4.69, 9.17) is 0 Å². The van der Waals surface area contributed by atoms with Crippen LogP contribution in [0.25, 0.3) is 0 Å². The van der Waals surface area contributed by atoms with Crippen LogP contribution in [0.2, 0.25) is 0 Å². The first-order valence-corrected chi connectivity index (χ1v) is 10.4. The molecule has 0 radical (unpaired) electrons. The van der Waals surface area contributed by atoms with Gasteiger partial charge in [-0.3, -0.25) is 4.90 Å². The summed E-state index contributed by atoms with van der Waals surface area (Å²) in [7, 11) is 0. The van der Waals surface area contributed by atoms with Gasteiger partial charge in [0.2, 0.25) is 0 Å². The van der Waals surface area contributed by atoms with E-state index in [9.17, 15) is 0 Å². The minimum atomic E-state index is 0.380. The number of rotatable bonds is 7. The van der Waals surface area contributed by atoms with Gasteiger partial charge < -0.3 is 5.32 Å². The predicted octanol–water partition coefficient (Wildman–Crippen LogP) is 4.52. The molecule has 1 aliphatic carbocycles. The van der Waals surface area contributed by atoms with Gasteiger partial charge in [-0.1, -0.05) is 91.0 Å². The number of piperidine rings is 1. The van der Waals surface area contributed by atoms with E-state index < -0.39 is 0 Å². The summed E-state index contributed by atoms with van der Waals surface area (Å²) < 4.78 is 0. The van der Waals surface area contributed by atoms with Crippen molar-refractivity contribution in [3.8, 4) is 0 Å². The van der Waals surface area contributed by atoms with Crippen molar-refractivity contribution in [3.63, 3.8) is 0 Å². The van der Waals surface area contributed by atoms with Crippen LogP contribution >= 0.6 is 0 Å². The van der Waals surface area contributed by atoms with Crippen molar-refractivity contribution in [1.29, 1.82) is 0 Å². The summed E-state index contributed by atoms with van der Waals surface area (Å²) in [6.07, 6.45) is 1.18. The zero-order valence-electron chi connectivity index (χ0n) is 16.3. The van der Waals surface area contributed by atoms with Gasteiger partial charge in [-0.15, -0.1) is 0 Å². The molecule has 1 aliphatic heterocycles. The van der Waals surface area contributed by atoms with Crippen LogP contribution < -0.4 is 5.32 Å². The third-order valence-electron chi connectivity index (χ3n) is 6.64. The number of nitrogens with one attached hydrogen (secondary N) is 1. The zero-order valence-corrected chi connectivity index (χ0v) is 16.3. The van der Waals surface area contributed by atoms with Crippen LogP contribution in [0.5, 0.6) is 0 Å². The number of hydrogen-bond acceptors (Lipinski definition) is 2. The van der Waals surface area contributed by atoms with Crippen molar-refractivity contribution in [3.05, 3.63) is 108 Å². The fraction of sp³-hybridized carbons (Fsp3) is 0.308. The van der Waals surface area contributed by atoms with E-state index in [1.165, 1.54) is 23.1 Å². The molecule has 3 aromatic carbocycles. The van der Waals surface area contributed by atoms with Crippen LogP contribution in [0, 0.1) is 11.3 Å². The van der Waals surface area contributed by atoms with Crippen molar-refractivity contribution < 1.29 is 0 Å². The Morgan fingerprint density at radius 1 is 0.714 bits per heavy atom. The lowest BCUT2D eigenvalue weighted by Gasteiger charge is -2.28. The highest BCUT2D eigenvalue weighted by Crippen LogP contribution is 2.60. The summed E-state index contributed by atoms with van der Waals surface area (Å²) in [5, 5.41) is 3.67. The van der Waals surface area contributed by atoms with Crippen molar-refractivity contribution in [2.75, 3.05) is 13.1 Å². The molecule has 3 unspecified atom stereocenters. The maximum Gasteiger partial charge on any atom is 0.0240 e. The van der Waals surface area contributed by atoms with Crippen LogP contribution in [-0.4, -0.2) is 24.0 Å². The minimum absolute atomic E-state index is 0.380. The second-order valence-electron chi connectivity index (χ2n) is 8.45. The van der Waals surface area contributed by atoms with Gasteiger partial charge in [0.25, 0.3) is 0 Å². The smallest absolute Gasteiger partial charge is 0.0240 e. The quantitative estimate of drug-likeness (QED) is 0.660. The molecule has 1 N–H and O–H groups in total. The first-order valence-electron chi connectivity index (χ1n) is 10.4. The molecule has 3 aromatic rings. The zero-order chi connectivity index (χ0) is 18.8. The SMILES string of the molecule is c1ccc(CN(Cc2ccccc2)C2C3CNCC32Cc2ccccc2)cc1. The molecule has 0 bridgehead atoms. The fourth-order valence-electron chi connectivity index (χ4n) is 5.35. The third kappa shape index (κ3) is 3.39. The Kier molecular flexibility index (Phi) is 4.76. The van der Waals surface area contributed by atoms with E-state index in [0.29, 0.717) is 11.5 Å². The summed E-state index contributed by atoms with van der Waals surface area (Å²) in [6, 6.07) is 33.6. The Morgan fingerprint density at radius 2 is 1.21 bits per heavy atom. The van der Waals surface area contributed by atoms with Crippen molar-refractivity contribution in [1.82, 2.24) is 10.2 Å². The van der Waals surface area contributed by atoms with Crippen LogP contribution in [0.4, 0.5) is 0 Å². The van der Waals surface area contributed by atoms with Crippen molar-refractivity contribution in [2.24, 2.45) is 11.3 Å². The van der Waals surface area contributed by atoms with Crippen LogP contribution in [0.3, 0.4) is 0 Å². The van der Waals surface area contributed by atoms with Gasteiger partial charge in [-0.05, 0) is 29.0 Å². The van der Waals surface area contributed by atoms with Gasteiger partial charge in [0.15, 0.2) is 0 Å². The molecule has 5 rings (SSSR count). The highest BCUT2D eigenvalue weighted by Gasteiger charge is 2.68. The van der Waals surface area contributed by atoms with Crippen LogP contribution in [-0.2, 0) is 19.5 Å². The number of fused-ring (bicyclic) bond motifs is 1. The van der Waals surface area contributed by atoms with Crippen LogP contribution in [0.15, 0.2) is 91.0 Å². The Labute approximate surface area is 168 Å². The molecule has 1 saturated carbocycles. The molecule has 142 valence electrons. The Morgan fingerprint density at radius 3 is 1.75 bits per heavy atom. The maximum atomic E-state index is 3.67. The lowest BCUT2D eigenvalue weighted by atomic mass is 9.94. The van der Waals surface area contributed by atoms with E-state index in [1.807, 2.05) is 0 Å². The summed E-state index contributed by atoms with van der Waals surface area (Å²) >= 11 is 0. The molecule has 2 nitrogen and oxygen atoms in total. The second kappa shape index (κ2) is 7.54. The lowest BCUT2D eigenvalue weighted by Crippen LogP contribution is -2.36. The topological polar surface area (TPSA) is 15.3 Å². The summed E-state index contributed by atoms with van der Waals surface area (Å²) in [5.74, 6) is 0.750. The van der Waals surface area contributed by atoms with Gasteiger partial charge in [0.1, 0.15) is 0 Å². The molecule has 0 amide bonds. The molecular formula is C26H28N2. The predicted molar refractivity (Wildman–Crippen MR) is 115 cm³/mol. The highest BCUT2D eigenvalue weighted by molar-refractivity contribution is 5.29. The standard InChI is InChI=1S/C26H28N2/c1-4-10-21(11-5-1)16-26-20-27-17-24(26)25(26)28(18-22-12-6-2-7-13-22)19-23-14-8-3-9-15-23/h1-15,24-25,27H,16-20H2. The number of hydrogen-bond donors (Lipinski definition) is 1. The molecule has 28 heavy (non-hydrogen) atoms. The van der Waals surface area contributed by atoms with E-state index >= 15 is 0 Å². The average molecular weight is 369 g/mol. The first kappa shape index (κ1) is 17.7. The molecule has 2 heteroatoms. The van der Waals surface area contributed by atoms with E-state index in [1.54, 1.807) is 0 Å². The first-order chi connectivity index (χ1) is 13.9. The number of nitrogens with zero attached hydrogens (tertiary/aromatic N) is 1. The summed E-state index contributed by atoms with van der Waals surface area (Å²) in [5.41, 5.74) is 4.67. The third-order valence-corrected chi connectivity index (χ3v) is 6.64. The van der Waals surface area contributed by atoms with Gasteiger partial charge in [0.05, 0.1) is 0 Å². The highest BCUT2D eigenvalue weighted by atomic mass is 15.3. The second-order valence-corrected chi connectivity index (χ2v) is 8.45. The van der Waals surface area contributed by atoms with Crippen LogP contribution in [0.1, 0.15) is 16.7 Å². The van der Waals surface area contributed by atoms with E-state index in [2.05, 4.69) is 101 Å². The molecular weight excluding hydrogens is 340 g/mol. The van der Waals surface area contributed by atoms with Gasteiger partial charge >= 0.3 is 0 Å². The van der Waals surface area contributed by atoms with Crippen molar-refractivity contribution >= 4 is 0 Å². The average Bonchev–Trinajstić information content (AvgIpc) is 3.15. The minimum Gasteiger partial charge on any atom is -0.316 e. The molecule has 0 spiro atoms. The van der Waals surface area contributed by atoms with E-state index in [-0.39, 0.29) is 0 Å². The molecule has 3 atom stereocenters. The molecule has 2 aliphatic rings. The Balaban J connectivity index is 1.41. The molecule has 1 saturated heterocycles. The molecule has 2 fully saturated rings. The van der Waals surface area contributed by atoms with Gasteiger partial charge in [-0.25, -0.2) is 0 Å². The van der Waals surface area contributed by atoms with Gasteiger partial charge in [-0.2, -0.15) is 0 Å². The lowest BCUT2D eigenvalue weighted by molar-refractivity contribution is 0.198. The molecule has 0 aromatic heterocycles. The maximum absolute atomic E-state index is 3.67. The number of benzene rings is 3.